The van der Waals surface area contributed by atoms with E-state index in [4.69, 9.17) is 23.2 Å². The van der Waals surface area contributed by atoms with Gasteiger partial charge in [0.15, 0.2) is 0 Å². The number of hydrogen-bond donors (Lipinski definition) is 1. The van der Waals surface area contributed by atoms with E-state index in [2.05, 4.69) is 10.2 Å². The van der Waals surface area contributed by atoms with Gasteiger partial charge in [-0.1, -0.05) is 47.5 Å². The summed E-state index contributed by atoms with van der Waals surface area (Å²) in [6.45, 7) is 1.37. The number of para-hydroxylation sites is 1. The van der Waals surface area contributed by atoms with Crippen molar-refractivity contribution in [1.29, 1.82) is 0 Å². The van der Waals surface area contributed by atoms with Crippen LogP contribution in [-0.4, -0.2) is 26.0 Å². The van der Waals surface area contributed by atoms with Crippen molar-refractivity contribution in [3.05, 3.63) is 64.1 Å². The Bertz CT molecular complexity index is 647. The highest BCUT2D eigenvalue weighted by atomic mass is 35.5. The molecule has 0 radical (unpaired) electrons. The molecule has 0 aliphatic carbocycles. The summed E-state index contributed by atoms with van der Waals surface area (Å²) in [6.07, 6.45) is 1.02. The molecule has 0 aliphatic heterocycles. The minimum atomic E-state index is 0.0254. The Balaban J connectivity index is 1.71. The number of benzene rings is 2. The Morgan fingerprint density at radius 2 is 1.87 bits per heavy atom. The third kappa shape index (κ3) is 5.77. The molecule has 0 spiro atoms. The van der Waals surface area contributed by atoms with Crippen LogP contribution in [0.2, 0.25) is 10.0 Å². The van der Waals surface area contributed by atoms with Crippen LogP contribution < -0.4 is 10.2 Å². The molecule has 23 heavy (non-hydrogen) atoms. The highest BCUT2D eigenvalue weighted by Crippen LogP contribution is 2.21. The Labute approximate surface area is 147 Å². The van der Waals surface area contributed by atoms with Gasteiger partial charge in [-0.15, -0.1) is 0 Å². The lowest BCUT2D eigenvalue weighted by Crippen LogP contribution is -2.33. The fourth-order valence-electron chi connectivity index (χ4n) is 2.24. The summed E-state index contributed by atoms with van der Waals surface area (Å²) in [4.78, 5) is 14.0. The number of aryl methyl sites for hydroxylation is 1. The van der Waals surface area contributed by atoms with Crippen molar-refractivity contribution in [2.75, 3.05) is 25.0 Å². The van der Waals surface area contributed by atoms with Gasteiger partial charge in [0.25, 0.3) is 0 Å². The second-order valence-corrected chi connectivity index (χ2v) is 6.19. The molecular weight excluding hydrogens is 331 g/mol. The predicted octanol–water partition coefficient (Wildman–Crippen LogP) is 4.18. The molecule has 0 aliphatic rings. The van der Waals surface area contributed by atoms with Crippen molar-refractivity contribution in [1.82, 2.24) is 5.32 Å². The molecule has 3 nitrogen and oxygen atoms in total. The van der Waals surface area contributed by atoms with E-state index in [1.165, 1.54) is 0 Å². The number of carbonyl (C=O) groups is 1. The summed E-state index contributed by atoms with van der Waals surface area (Å²) < 4.78 is 0. The molecule has 0 fully saturated rings. The van der Waals surface area contributed by atoms with Crippen LogP contribution in [0.3, 0.4) is 0 Å². The van der Waals surface area contributed by atoms with Crippen LogP contribution in [-0.2, 0) is 11.2 Å². The molecule has 0 aromatic heterocycles. The minimum Gasteiger partial charge on any atom is -0.373 e. The van der Waals surface area contributed by atoms with Crippen molar-refractivity contribution in [2.45, 2.75) is 12.8 Å². The summed E-state index contributed by atoms with van der Waals surface area (Å²) in [5.74, 6) is 0.0254. The molecule has 0 saturated heterocycles. The van der Waals surface area contributed by atoms with E-state index in [9.17, 15) is 4.79 Å². The van der Waals surface area contributed by atoms with Gasteiger partial charge in [-0.2, -0.15) is 0 Å². The summed E-state index contributed by atoms with van der Waals surface area (Å²) in [6, 6.07) is 15.4. The average Bonchev–Trinajstić information content (AvgIpc) is 2.54. The van der Waals surface area contributed by atoms with Crippen LogP contribution in [0.15, 0.2) is 48.5 Å². The number of anilines is 1. The zero-order chi connectivity index (χ0) is 16.7. The summed E-state index contributed by atoms with van der Waals surface area (Å²) in [5.41, 5.74) is 2.07. The van der Waals surface area contributed by atoms with Crippen molar-refractivity contribution >= 4 is 34.8 Å². The molecule has 0 heterocycles. The van der Waals surface area contributed by atoms with Gasteiger partial charge in [-0.25, -0.2) is 0 Å². The van der Waals surface area contributed by atoms with Gasteiger partial charge >= 0.3 is 0 Å². The number of amides is 1. The Hall–Kier alpha value is -1.71. The maximum Gasteiger partial charge on any atom is 0.220 e. The minimum absolute atomic E-state index is 0.0254. The lowest BCUT2D eigenvalue weighted by Gasteiger charge is -2.19. The average molecular weight is 351 g/mol. The lowest BCUT2D eigenvalue weighted by atomic mass is 10.1. The monoisotopic (exact) mass is 350 g/mol. The molecule has 0 atom stereocenters. The molecule has 1 amide bonds. The smallest absolute Gasteiger partial charge is 0.220 e. The first-order valence-electron chi connectivity index (χ1n) is 7.53. The molecule has 0 bridgehead atoms. The Morgan fingerprint density at radius 1 is 1.13 bits per heavy atom. The van der Waals surface area contributed by atoms with Crippen LogP contribution in [0.25, 0.3) is 0 Å². The zero-order valence-electron chi connectivity index (χ0n) is 13.1. The van der Waals surface area contributed by atoms with Gasteiger partial charge in [0.1, 0.15) is 0 Å². The fraction of sp³-hybridized carbons (Fsp3) is 0.278. The quantitative estimate of drug-likeness (QED) is 0.812. The highest BCUT2D eigenvalue weighted by molar-refractivity contribution is 6.35. The van der Waals surface area contributed by atoms with E-state index < -0.39 is 0 Å². The van der Waals surface area contributed by atoms with Gasteiger partial charge in [0.05, 0.1) is 0 Å². The second-order valence-electron chi connectivity index (χ2n) is 5.34. The van der Waals surface area contributed by atoms with E-state index >= 15 is 0 Å². The number of likely N-dealkylation sites (N-methyl/N-ethyl adjacent to an activating group) is 1. The molecular formula is C18H20Cl2N2O. The molecule has 1 N–H and O–H groups in total. The van der Waals surface area contributed by atoms with Crippen molar-refractivity contribution in [3.63, 3.8) is 0 Å². The summed E-state index contributed by atoms with van der Waals surface area (Å²) in [7, 11) is 2.01. The van der Waals surface area contributed by atoms with Crippen LogP contribution in [0.4, 0.5) is 5.69 Å². The van der Waals surface area contributed by atoms with Crippen molar-refractivity contribution in [3.8, 4) is 0 Å². The molecule has 122 valence electrons. The topological polar surface area (TPSA) is 32.3 Å². The van der Waals surface area contributed by atoms with E-state index in [1.54, 1.807) is 12.1 Å². The van der Waals surface area contributed by atoms with Gasteiger partial charge in [-0.05, 0) is 36.2 Å². The van der Waals surface area contributed by atoms with Crippen LogP contribution in [0.1, 0.15) is 12.0 Å². The van der Waals surface area contributed by atoms with Gasteiger partial charge in [-0.3, -0.25) is 4.79 Å². The summed E-state index contributed by atoms with van der Waals surface area (Å²) >= 11 is 12.0. The number of halogens is 2. The predicted molar refractivity (Wildman–Crippen MR) is 97.5 cm³/mol. The normalized spacial score (nSPS) is 10.4. The number of rotatable bonds is 7. The molecule has 0 unspecified atom stereocenters. The SMILES string of the molecule is CN(CCNC(=O)CCc1ccc(Cl)cc1Cl)c1ccccc1. The maximum atomic E-state index is 11.9. The van der Waals surface area contributed by atoms with E-state index in [0.29, 0.717) is 29.4 Å². The first-order chi connectivity index (χ1) is 11.1. The second kappa shape index (κ2) is 8.80. The Kier molecular flexibility index (Phi) is 6.75. The molecule has 2 aromatic carbocycles. The fourth-order valence-corrected chi connectivity index (χ4v) is 2.74. The van der Waals surface area contributed by atoms with Crippen molar-refractivity contribution < 1.29 is 4.79 Å². The standard InChI is InChI=1S/C18H20Cl2N2O/c1-22(16-5-3-2-4-6-16)12-11-21-18(23)10-8-14-7-9-15(19)13-17(14)20/h2-7,9,13H,8,10-12H2,1H3,(H,21,23). The zero-order valence-corrected chi connectivity index (χ0v) is 14.6. The molecule has 0 saturated carbocycles. The molecule has 2 rings (SSSR count). The molecule has 5 heteroatoms. The number of nitrogens with zero attached hydrogens (tertiary/aromatic N) is 1. The first kappa shape index (κ1) is 17.6. The largest absolute Gasteiger partial charge is 0.373 e. The Morgan fingerprint density at radius 3 is 2.57 bits per heavy atom. The van der Waals surface area contributed by atoms with E-state index in [0.717, 1.165) is 17.8 Å². The van der Waals surface area contributed by atoms with E-state index in [-0.39, 0.29) is 5.91 Å². The van der Waals surface area contributed by atoms with Crippen molar-refractivity contribution in [2.24, 2.45) is 0 Å². The lowest BCUT2D eigenvalue weighted by molar-refractivity contribution is -0.120. The number of hydrogen-bond acceptors (Lipinski definition) is 2. The number of nitrogens with one attached hydrogen (secondary N) is 1. The first-order valence-corrected chi connectivity index (χ1v) is 8.28. The summed E-state index contributed by atoms with van der Waals surface area (Å²) in [5, 5.41) is 4.14. The number of carbonyl (C=O) groups excluding carboxylic acids is 1. The van der Waals surface area contributed by atoms with Crippen LogP contribution in [0, 0.1) is 0 Å². The maximum absolute atomic E-state index is 11.9. The highest BCUT2D eigenvalue weighted by Gasteiger charge is 2.06. The van der Waals surface area contributed by atoms with Gasteiger partial charge in [0.2, 0.25) is 5.91 Å². The third-order valence-corrected chi connectivity index (χ3v) is 4.19. The third-order valence-electron chi connectivity index (χ3n) is 3.60. The van der Waals surface area contributed by atoms with E-state index in [1.807, 2.05) is 43.4 Å². The van der Waals surface area contributed by atoms with Gasteiger partial charge in [0, 0.05) is 42.3 Å². The van der Waals surface area contributed by atoms with Crippen LogP contribution >= 0.6 is 23.2 Å². The van der Waals surface area contributed by atoms with Crippen LogP contribution in [0.5, 0.6) is 0 Å². The molecule has 2 aromatic rings. The van der Waals surface area contributed by atoms with Gasteiger partial charge < -0.3 is 10.2 Å².